The molecule has 146 heavy (non-hydrogen) atoms. The predicted octanol–water partition coefficient (Wildman–Crippen LogP) is -2.23. The van der Waals surface area contributed by atoms with E-state index < -0.39 is 230 Å². The number of aliphatic hydroxyl groups excluding tert-OH is 3. The minimum atomic E-state index is -2.62. The summed E-state index contributed by atoms with van der Waals surface area (Å²) in [5.74, 6) is -15.8. The van der Waals surface area contributed by atoms with Crippen LogP contribution in [0.25, 0.3) is 21.9 Å². The molecule has 5 aromatic rings. The number of aromatic amines is 1. The standard InChI is InChI=1S/C93H134Br2N20O30S/c1-8-54(4)79-86(128)101-47-76(121)105-71-52-146(135)89-62(43-67(82(124)100-48-77(122)111-79)107-88(130)80(55(5)73(118)50-116)112-85(127)72-41-59(117)49-115(72)90(131)68(44-74(96)119)108-84(71)126)61-17-16-60(42-65(61)109-89)145-92(133)113(6)22-23-114(24-27-139-32-35-142-34-31-138-26-21-98-81(123)57-13-18-63-66(40-57)104-70(46-95)69(45-94)103-63)93(134)144-51-56-11-14-58(15-12-56)102-83(125)64(10-9-20-99-91(97)132)106-87(129)78(53(2)3)110-75(120)19-25-137-30-33-141-38-39-143-37-36-140-29-28-136-7/h11-18,40,42,53-55,59,64,67-68,71-73,78-80,109,116-118H,8-10,19-39,41,43-52H2,1-7H3,(H2,96,119)(H,98,123)(H,100,124)(H,101,128)(H,102,125)(H,105,121)(H,106,129)(H,107,130)(H,108,126)(H,110,120)(H,111,122)(H,112,127)(H3,97,99,132)/t54-,55-,59+,64-,67+,68-,71-,72-,73-,78-,79-,80-,146?/m0/s1. The van der Waals surface area contributed by atoms with Gasteiger partial charge in [-0.15, -0.1) is 0 Å². The lowest BCUT2D eigenvalue weighted by molar-refractivity contribution is -0.144. The van der Waals surface area contributed by atoms with Crippen LogP contribution in [0.4, 0.5) is 20.1 Å². The Labute approximate surface area is 862 Å². The highest BCUT2D eigenvalue weighted by atomic mass is 79.9. The van der Waals surface area contributed by atoms with Crippen molar-refractivity contribution >= 4 is 166 Å². The molecule has 1 saturated heterocycles. The number of amides is 17. The number of nitrogens with one attached hydrogen (secondary N) is 13. The molecule has 806 valence electrons. The van der Waals surface area contributed by atoms with E-state index in [1.54, 1.807) is 65.1 Å². The lowest BCUT2D eigenvalue weighted by Gasteiger charge is -2.32. The maximum atomic E-state index is 15.5. The largest absolute Gasteiger partial charge is 0.610 e. The number of methoxy groups -OCH3 is 1. The van der Waals surface area contributed by atoms with Gasteiger partial charge in [0.1, 0.15) is 60.4 Å². The summed E-state index contributed by atoms with van der Waals surface area (Å²) in [6.07, 6.45) is -6.87. The number of aliphatic hydroxyl groups is 3. The Bertz CT molecular complexity index is 5210. The molecule has 2 bridgehead atoms. The molecule has 53 heteroatoms. The molecule has 5 heterocycles. The highest BCUT2D eigenvalue weighted by molar-refractivity contribution is 9.09. The Kier molecular flexibility index (Phi) is 51.1. The summed E-state index contributed by atoms with van der Waals surface area (Å²) >= 11 is 4.26. The van der Waals surface area contributed by atoms with Crippen molar-refractivity contribution in [2.75, 3.05) is 183 Å². The van der Waals surface area contributed by atoms with Crippen LogP contribution < -0.4 is 80.0 Å². The van der Waals surface area contributed by atoms with Crippen LogP contribution >= 0.6 is 31.9 Å². The zero-order valence-electron chi connectivity index (χ0n) is 82.4. The number of ether oxygens (including phenoxy) is 10. The molecular formula is C93H134Br2N20O30S. The summed E-state index contributed by atoms with van der Waals surface area (Å²) in [7, 11) is 2.93. The summed E-state index contributed by atoms with van der Waals surface area (Å²) in [5.41, 5.74) is 14.7. The number of likely N-dealkylation sites (N-methyl/N-ethyl adjacent to an activating group) is 1. The lowest BCUT2D eigenvalue weighted by Crippen LogP contribution is -2.62. The third kappa shape index (κ3) is 38.8. The summed E-state index contributed by atoms with van der Waals surface area (Å²) < 4.78 is 71.4. The van der Waals surface area contributed by atoms with E-state index in [0.717, 1.165) is 21.2 Å². The van der Waals surface area contributed by atoms with Crippen molar-refractivity contribution in [3.8, 4) is 5.75 Å². The topological polar surface area (TPSA) is 697 Å². The molecule has 0 aliphatic carbocycles. The number of urea groups is 1. The first-order valence-corrected chi connectivity index (χ1v) is 51.3. The van der Waals surface area contributed by atoms with E-state index in [4.69, 9.17) is 58.8 Å². The molecule has 1 fully saturated rings. The second-order valence-electron chi connectivity index (χ2n) is 34.8. The number of nitrogens with zero attached hydrogens (tertiary/aromatic N) is 5. The molecule has 20 N–H and O–H groups in total. The summed E-state index contributed by atoms with van der Waals surface area (Å²) in [5, 5.41) is 63.8. The van der Waals surface area contributed by atoms with Gasteiger partial charge in [-0.1, -0.05) is 85.0 Å². The SMILES string of the molecule is CC[C@H](C)[C@@H]1NC(=O)CNC(=O)[C@H]2Cc3c([nH]c4cc(OC(=O)N(C)CCN(CCOCCOCCOCCNC(=O)c5ccc6nc(CBr)c(CBr)nc6c5)C(=O)OCc5ccc(NC(=O)[C@H](CCCNC(N)=O)NC(=O)[C@@H](NC(=O)CCOCCOCCOCCOCCOC)C(C)C)cc5)ccc34)[S+]([O-])C[C@H](NC(=O)CNC1=O)C(=O)N[C@@H](CC(N)=O)C(=O)N1C[C@H](O)C[C@H]1C(=O)N[C@@H]([C@@H](C)[C@@H](O)CO)C(=O)N2. The third-order valence-electron chi connectivity index (χ3n) is 23.6. The molecule has 3 aliphatic rings. The number of carbonyl (C=O) groups is 16. The molecule has 3 aromatic carbocycles. The number of benzene rings is 3. The number of rotatable bonds is 53. The third-order valence-corrected chi connectivity index (χ3v) is 26.1. The molecule has 0 spiro atoms. The molecular weight excluding hydrogens is 2070 g/mol. The number of anilines is 1. The number of fused-ring (bicyclic) bond motifs is 6. The maximum absolute atomic E-state index is 15.5. The summed E-state index contributed by atoms with van der Waals surface area (Å²) in [4.78, 5) is 239. The molecule has 0 saturated carbocycles. The van der Waals surface area contributed by atoms with Gasteiger partial charge in [-0.2, -0.15) is 0 Å². The molecule has 8 rings (SSSR count). The van der Waals surface area contributed by atoms with Crippen molar-refractivity contribution in [3.05, 3.63) is 88.7 Å². The van der Waals surface area contributed by atoms with Crippen LogP contribution in [-0.2, 0) is 135 Å². The van der Waals surface area contributed by atoms with E-state index in [2.05, 4.69) is 111 Å². The highest BCUT2D eigenvalue weighted by Crippen LogP contribution is 2.33. The van der Waals surface area contributed by atoms with Crippen molar-refractivity contribution in [1.29, 1.82) is 0 Å². The molecule has 0 radical (unpaired) electrons. The van der Waals surface area contributed by atoms with Gasteiger partial charge in [0.15, 0.2) is 6.04 Å². The van der Waals surface area contributed by atoms with Gasteiger partial charge in [-0.25, -0.2) is 24.4 Å². The first kappa shape index (κ1) is 120. The van der Waals surface area contributed by atoms with Crippen LogP contribution in [0.5, 0.6) is 5.75 Å². The number of H-pyrrole nitrogens is 1. The van der Waals surface area contributed by atoms with Crippen LogP contribution in [0.15, 0.2) is 65.7 Å². The monoisotopic (exact) mass is 2200 g/mol. The number of nitrogens with two attached hydrogens (primary N) is 2. The van der Waals surface area contributed by atoms with Gasteiger partial charge in [0, 0.05) is 129 Å². The minimum absolute atomic E-state index is 0.000586. The Morgan fingerprint density at radius 3 is 1.90 bits per heavy atom. The summed E-state index contributed by atoms with van der Waals surface area (Å²) in [6, 6.07) is 1.25. The number of hydrogen-bond acceptors (Lipinski definition) is 32. The van der Waals surface area contributed by atoms with Crippen molar-refractivity contribution in [2.24, 2.45) is 29.2 Å². The number of hydrogen-bond donors (Lipinski definition) is 18. The van der Waals surface area contributed by atoms with Gasteiger partial charge in [-0.3, -0.25) is 62.3 Å². The zero-order chi connectivity index (χ0) is 106. The molecule has 3 aliphatic heterocycles. The fraction of sp³-hybridized carbons (Fsp3) is 0.591. The first-order valence-electron chi connectivity index (χ1n) is 47.7. The smallest absolute Gasteiger partial charge is 0.415 e. The molecule has 17 amide bonds. The molecule has 13 atom stereocenters. The van der Waals surface area contributed by atoms with Crippen molar-refractivity contribution in [1.82, 2.24) is 88.1 Å². The van der Waals surface area contributed by atoms with Gasteiger partial charge < -0.3 is 162 Å². The first-order chi connectivity index (χ1) is 69.9. The maximum Gasteiger partial charge on any atom is 0.415 e. The molecule has 2 aromatic heterocycles. The second-order valence-corrected chi connectivity index (χ2v) is 37.4. The lowest BCUT2D eigenvalue weighted by atomic mass is 9.93. The van der Waals surface area contributed by atoms with Gasteiger partial charge >= 0.3 is 18.2 Å². The van der Waals surface area contributed by atoms with E-state index in [1.165, 1.54) is 49.2 Å². The normalized spacial score (nSPS) is 19.3. The number of primary amides is 2. The van der Waals surface area contributed by atoms with E-state index in [1.807, 2.05) is 0 Å². The Morgan fingerprint density at radius 2 is 1.27 bits per heavy atom. The highest BCUT2D eigenvalue weighted by Gasteiger charge is 2.46. The minimum Gasteiger partial charge on any atom is -0.610 e. The van der Waals surface area contributed by atoms with E-state index >= 15 is 9.35 Å². The van der Waals surface area contributed by atoms with Crippen LogP contribution in [0.2, 0.25) is 0 Å². The second kappa shape index (κ2) is 62.4. The van der Waals surface area contributed by atoms with Crippen LogP contribution in [0, 0.1) is 17.8 Å². The summed E-state index contributed by atoms with van der Waals surface area (Å²) in [6.45, 7) is 7.37. The quantitative estimate of drug-likeness (QED) is 0.0111. The van der Waals surface area contributed by atoms with Crippen LogP contribution in [0.3, 0.4) is 0 Å². The number of aromatic nitrogens is 3. The van der Waals surface area contributed by atoms with Gasteiger partial charge in [0.2, 0.25) is 75.9 Å². The Morgan fingerprint density at radius 1 is 0.651 bits per heavy atom. The number of alkyl halides is 2. The van der Waals surface area contributed by atoms with Crippen molar-refractivity contribution in [2.45, 2.75) is 162 Å². The fourth-order valence-corrected chi connectivity index (χ4v) is 17.5. The zero-order valence-corrected chi connectivity index (χ0v) is 86.4. The van der Waals surface area contributed by atoms with Crippen LogP contribution in [0.1, 0.15) is 106 Å². The Hall–Kier alpha value is -11.7. The average Bonchev–Trinajstić information content (AvgIpc) is 1.61. The van der Waals surface area contributed by atoms with Crippen molar-refractivity contribution < 1.29 is 144 Å². The van der Waals surface area contributed by atoms with Gasteiger partial charge in [-0.05, 0) is 72.7 Å². The molecule has 50 nitrogen and oxygen atoms in total. The van der Waals surface area contributed by atoms with E-state index in [9.17, 15) is 87.2 Å². The fourth-order valence-electron chi connectivity index (χ4n) is 15.2. The van der Waals surface area contributed by atoms with Crippen LogP contribution in [-0.4, -0.2) is 383 Å². The van der Waals surface area contributed by atoms with Gasteiger partial charge in [0.05, 0.1) is 165 Å². The predicted molar refractivity (Wildman–Crippen MR) is 531 cm³/mol. The number of halogens is 2. The Balaban J connectivity index is 0.990. The molecule has 1 unspecified atom stereocenters. The van der Waals surface area contributed by atoms with E-state index in [-0.39, 0.29) is 163 Å². The van der Waals surface area contributed by atoms with Gasteiger partial charge in [0.25, 0.3) is 5.91 Å². The van der Waals surface area contributed by atoms with Crippen molar-refractivity contribution in [3.63, 3.8) is 0 Å². The average molecular weight is 2200 g/mol. The number of carbonyl (C=O) groups excluding carboxylic acids is 16. The van der Waals surface area contributed by atoms with E-state index in [0.29, 0.717) is 72.5 Å².